The molecule has 1 aliphatic carbocycles. The van der Waals surface area contributed by atoms with E-state index in [2.05, 4.69) is 20.0 Å². The van der Waals surface area contributed by atoms with Crippen molar-refractivity contribution in [3.05, 3.63) is 70.3 Å². The van der Waals surface area contributed by atoms with Crippen LogP contribution < -0.4 is 10.0 Å². The molecule has 1 saturated carbocycles. The van der Waals surface area contributed by atoms with Crippen LogP contribution in [-0.4, -0.2) is 49.5 Å². The SMILES string of the molecule is CS(=O)(=O)c1ccnc(-c2cccc3cc(C(NS(=O)(=O)C4CC4)c4nc(NC(=O)O)ccc4Cl)sc23)c1. The molecule has 1 amide bonds. The molecule has 198 valence electrons. The molecule has 5 rings (SSSR count). The average Bonchev–Trinajstić information content (AvgIpc) is 3.63. The van der Waals surface area contributed by atoms with Gasteiger partial charge >= 0.3 is 6.09 Å². The highest BCUT2D eigenvalue weighted by Crippen LogP contribution is 2.41. The molecule has 0 spiro atoms. The van der Waals surface area contributed by atoms with E-state index in [1.54, 1.807) is 12.1 Å². The Morgan fingerprint density at radius 2 is 1.89 bits per heavy atom. The van der Waals surface area contributed by atoms with E-state index in [1.807, 2.05) is 12.1 Å². The summed E-state index contributed by atoms with van der Waals surface area (Å²) in [5.74, 6) is -0.00360. The Balaban J connectivity index is 1.66. The first-order valence-corrected chi connectivity index (χ1v) is 15.9. The number of rotatable bonds is 8. The highest BCUT2D eigenvalue weighted by molar-refractivity contribution is 7.90. The molecule has 0 bridgehead atoms. The van der Waals surface area contributed by atoms with Crippen molar-refractivity contribution in [1.82, 2.24) is 14.7 Å². The highest BCUT2D eigenvalue weighted by atomic mass is 35.5. The van der Waals surface area contributed by atoms with Crippen molar-refractivity contribution in [2.75, 3.05) is 11.6 Å². The smallest absolute Gasteiger partial charge is 0.410 e. The third-order valence-corrected chi connectivity index (χ3v) is 10.5. The summed E-state index contributed by atoms with van der Waals surface area (Å²) >= 11 is 7.74. The second kappa shape index (κ2) is 9.89. The Kier molecular flexibility index (Phi) is 6.90. The molecule has 1 aromatic carbocycles. The van der Waals surface area contributed by atoms with Gasteiger partial charge in [0.15, 0.2) is 9.84 Å². The van der Waals surface area contributed by atoms with E-state index in [-0.39, 0.29) is 21.4 Å². The third kappa shape index (κ3) is 5.52. The standard InChI is InChI=1S/C24H21ClN4O6S3/c1-37(32,33)15-9-10-26-18(12-15)16-4-2-3-13-11-19(36-23(13)16)22(29-38(34,35)14-5-6-14)21-17(25)7-8-20(27-21)28-24(30)31/h2-4,7-12,14,22,29H,5-6H2,1H3,(H,27,28)(H,30,31). The number of halogens is 1. The van der Waals surface area contributed by atoms with Crippen molar-refractivity contribution in [3.63, 3.8) is 0 Å². The summed E-state index contributed by atoms with van der Waals surface area (Å²) in [5, 5.41) is 11.7. The molecule has 1 aliphatic rings. The number of sulfone groups is 1. The van der Waals surface area contributed by atoms with Gasteiger partial charge in [-0.3, -0.25) is 10.3 Å². The van der Waals surface area contributed by atoms with Crippen LogP contribution in [0.25, 0.3) is 21.3 Å². The van der Waals surface area contributed by atoms with Gasteiger partial charge in [-0.2, -0.15) is 0 Å². The van der Waals surface area contributed by atoms with E-state index in [9.17, 15) is 21.6 Å². The first-order valence-electron chi connectivity index (χ1n) is 11.3. The average molecular weight is 593 g/mol. The minimum atomic E-state index is -3.71. The topological polar surface area (TPSA) is 155 Å². The molecule has 0 radical (unpaired) electrons. The summed E-state index contributed by atoms with van der Waals surface area (Å²) in [4.78, 5) is 20.5. The van der Waals surface area contributed by atoms with Gasteiger partial charge in [-0.15, -0.1) is 11.3 Å². The van der Waals surface area contributed by atoms with Crippen LogP contribution in [0.1, 0.15) is 29.5 Å². The summed E-state index contributed by atoms with van der Waals surface area (Å²) in [5.41, 5.74) is 1.27. The number of hydrogen-bond acceptors (Lipinski definition) is 8. The molecule has 3 heterocycles. The van der Waals surface area contributed by atoms with Gasteiger partial charge in [0.2, 0.25) is 10.0 Å². The highest BCUT2D eigenvalue weighted by Gasteiger charge is 2.38. The number of amides is 1. The summed E-state index contributed by atoms with van der Waals surface area (Å²) in [6.07, 6.45) is 2.31. The fraction of sp³-hybridized carbons (Fsp3) is 0.208. The van der Waals surface area contributed by atoms with Gasteiger partial charge in [-0.05, 0) is 48.6 Å². The van der Waals surface area contributed by atoms with E-state index in [0.717, 1.165) is 16.3 Å². The normalized spacial score (nSPS) is 14.9. The van der Waals surface area contributed by atoms with E-state index in [1.165, 1.54) is 41.8 Å². The second-order valence-electron chi connectivity index (χ2n) is 8.81. The number of nitrogens with one attached hydrogen (secondary N) is 2. The first-order chi connectivity index (χ1) is 17.9. The van der Waals surface area contributed by atoms with Crippen LogP contribution in [0.4, 0.5) is 10.6 Å². The first kappa shape index (κ1) is 26.5. The van der Waals surface area contributed by atoms with Crippen molar-refractivity contribution >= 4 is 64.8 Å². The number of carbonyl (C=O) groups is 1. The van der Waals surface area contributed by atoms with Crippen LogP contribution >= 0.6 is 22.9 Å². The number of hydrogen-bond donors (Lipinski definition) is 3. The van der Waals surface area contributed by atoms with Crippen molar-refractivity contribution in [2.24, 2.45) is 0 Å². The van der Waals surface area contributed by atoms with Crippen LogP contribution in [0.2, 0.25) is 5.02 Å². The molecule has 10 nitrogen and oxygen atoms in total. The Morgan fingerprint density at radius 1 is 1.13 bits per heavy atom. The number of thiophene rings is 1. The fourth-order valence-corrected chi connectivity index (χ4v) is 7.62. The van der Waals surface area contributed by atoms with Gasteiger partial charge in [-0.1, -0.05) is 29.8 Å². The maximum Gasteiger partial charge on any atom is 0.410 e. The zero-order chi connectivity index (χ0) is 27.2. The molecule has 3 aromatic heterocycles. The number of anilines is 1. The molecular weight excluding hydrogens is 572 g/mol. The van der Waals surface area contributed by atoms with Crippen molar-refractivity contribution < 1.29 is 26.7 Å². The van der Waals surface area contributed by atoms with Gasteiger partial charge in [0.05, 0.1) is 32.6 Å². The molecule has 0 saturated heterocycles. The second-order valence-corrected chi connectivity index (χ2v) is 14.3. The minimum absolute atomic E-state index is 0.00360. The van der Waals surface area contributed by atoms with Crippen LogP contribution in [0.15, 0.2) is 59.6 Å². The fourth-order valence-electron chi connectivity index (χ4n) is 3.94. The monoisotopic (exact) mass is 592 g/mol. The van der Waals surface area contributed by atoms with E-state index < -0.39 is 37.2 Å². The molecule has 1 atom stereocenters. The number of benzene rings is 1. The molecule has 1 unspecified atom stereocenters. The van der Waals surface area contributed by atoms with E-state index in [0.29, 0.717) is 29.0 Å². The number of aromatic nitrogens is 2. The Hall–Kier alpha value is -3.10. The lowest BCUT2D eigenvalue weighted by Crippen LogP contribution is -2.32. The Labute approximate surface area is 227 Å². The third-order valence-electron chi connectivity index (χ3n) is 5.91. The predicted octanol–water partition coefficient (Wildman–Crippen LogP) is 4.68. The van der Waals surface area contributed by atoms with Crippen LogP contribution in [-0.2, 0) is 19.9 Å². The van der Waals surface area contributed by atoms with Crippen LogP contribution in [0, 0.1) is 0 Å². The quantitative estimate of drug-likeness (QED) is 0.266. The number of pyridine rings is 2. The number of sulfonamides is 1. The Bertz CT molecular complexity index is 1790. The molecule has 1 fully saturated rings. The van der Waals surface area contributed by atoms with Crippen LogP contribution in [0.3, 0.4) is 0 Å². The van der Waals surface area contributed by atoms with Gasteiger partial charge in [0.1, 0.15) is 5.82 Å². The van der Waals surface area contributed by atoms with Crippen LogP contribution in [0.5, 0.6) is 0 Å². The summed E-state index contributed by atoms with van der Waals surface area (Å²) in [6, 6.07) is 12.0. The lowest BCUT2D eigenvalue weighted by molar-refractivity contribution is 0.209. The predicted molar refractivity (Wildman–Crippen MR) is 146 cm³/mol. The largest absolute Gasteiger partial charge is 0.465 e. The molecule has 4 aromatic rings. The maximum absolute atomic E-state index is 13.0. The lowest BCUT2D eigenvalue weighted by atomic mass is 10.1. The molecule has 38 heavy (non-hydrogen) atoms. The maximum atomic E-state index is 13.0. The molecular formula is C24H21ClN4O6S3. The summed E-state index contributed by atoms with van der Waals surface area (Å²) in [7, 11) is -7.17. The van der Waals surface area contributed by atoms with E-state index >= 15 is 0 Å². The molecule has 3 N–H and O–H groups in total. The zero-order valence-corrected chi connectivity index (χ0v) is 23.0. The van der Waals surface area contributed by atoms with Crippen molar-refractivity contribution in [2.45, 2.75) is 29.0 Å². The lowest BCUT2D eigenvalue weighted by Gasteiger charge is -2.19. The molecule has 14 heteroatoms. The summed E-state index contributed by atoms with van der Waals surface area (Å²) in [6.45, 7) is 0. The van der Waals surface area contributed by atoms with Gasteiger partial charge in [0.25, 0.3) is 0 Å². The zero-order valence-electron chi connectivity index (χ0n) is 19.8. The minimum Gasteiger partial charge on any atom is -0.465 e. The number of fused-ring (bicyclic) bond motifs is 1. The van der Waals surface area contributed by atoms with Crippen molar-refractivity contribution in [1.29, 1.82) is 0 Å². The van der Waals surface area contributed by atoms with Gasteiger partial charge in [0, 0.05) is 27.6 Å². The Morgan fingerprint density at radius 3 is 2.58 bits per heavy atom. The number of carboxylic acid groups (broad SMARTS) is 1. The van der Waals surface area contributed by atoms with Gasteiger partial charge < -0.3 is 5.11 Å². The van der Waals surface area contributed by atoms with Gasteiger partial charge in [-0.25, -0.2) is 31.3 Å². The van der Waals surface area contributed by atoms with E-state index in [4.69, 9.17) is 16.7 Å². The number of nitrogens with zero attached hydrogens (tertiary/aromatic N) is 2. The molecule has 0 aliphatic heterocycles. The summed E-state index contributed by atoms with van der Waals surface area (Å²) < 4.78 is 53.7. The van der Waals surface area contributed by atoms with Crippen molar-refractivity contribution in [3.8, 4) is 11.3 Å².